The Bertz CT molecular complexity index is 272. The molecule has 0 saturated carbocycles. The molecule has 0 spiro atoms. The van der Waals surface area contributed by atoms with Crippen molar-refractivity contribution in [1.82, 2.24) is 9.80 Å². The Hall–Kier alpha value is -1.49. The number of amides is 1. The molecule has 0 atom stereocenters. The third-order valence-electron chi connectivity index (χ3n) is 1.85. The summed E-state index contributed by atoms with van der Waals surface area (Å²) < 4.78 is 0. The summed E-state index contributed by atoms with van der Waals surface area (Å²) in [5.41, 5.74) is 0.469. The molecule has 0 aromatic heterocycles. The fraction of sp³-hybridized carbons (Fsp3) is 0.500. The van der Waals surface area contributed by atoms with Crippen molar-refractivity contribution >= 4 is 5.91 Å². The van der Waals surface area contributed by atoms with Gasteiger partial charge < -0.3 is 20.0 Å². The van der Waals surface area contributed by atoms with Gasteiger partial charge in [-0.05, 0) is 0 Å². The summed E-state index contributed by atoms with van der Waals surface area (Å²) in [5, 5.41) is 18.1. The van der Waals surface area contributed by atoms with Crippen LogP contribution in [-0.4, -0.2) is 60.2 Å². The topological polar surface area (TPSA) is 64.0 Å². The zero-order valence-electron chi connectivity index (χ0n) is 9.40. The highest BCUT2D eigenvalue weighted by Gasteiger charge is 2.10. The number of carbonyl (C=O) groups is 1. The zero-order valence-corrected chi connectivity index (χ0v) is 9.40. The monoisotopic (exact) mass is 214 g/mol. The zero-order chi connectivity index (χ0) is 12.0. The van der Waals surface area contributed by atoms with E-state index in [4.69, 9.17) is 5.11 Å². The van der Waals surface area contributed by atoms with Gasteiger partial charge in [-0.15, -0.1) is 0 Å². The van der Waals surface area contributed by atoms with Crippen LogP contribution in [0.3, 0.4) is 0 Å². The second-order valence-electron chi connectivity index (χ2n) is 3.37. The molecule has 0 aliphatic heterocycles. The number of hydrogen-bond donors (Lipinski definition) is 2. The number of hydrogen-bond acceptors (Lipinski definition) is 4. The van der Waals surface area contributed by atoms with Gasteiger partial charge >= 0.3 is 0 Å². The maximum Gasteiger partial charge on any atom is 0.288 e. The SMILES string of the molecule is C=C(/C=C(\O)C(=O)N(C)C)N(C)CCO. The maximum absolute atomic E-state index is 11.3. The normalized spacial score (nSPS) is 11.1. The molecule has 0 aromatic carbocycles. The van der Waals surface area contributed by atoms with Gasteiger partial charge in [-0.1, -0.05) is 6.58 Å². The second-order valence-corrected chi connectivity index (χ2v) is 3.37. The smallest absolute Gasteiger partial charge is 0.288 e. The molecule has 0 saturated heterocycles. The van der Waals surface area contributed by atoms with E-state index >= 15 is 0 Å². The van der Waals surface area contributed by atoms with Crippen LogP contribution in [0.1, 0.15) is 0 Å². The minimum Gasteiger partial charge on any atom is -0.503 e. The molecule has 5 heteroatoms. The lowest BCUT2D eigenvalue weighted by Gasteiger charge is -2.18. The van der Waals surface area contributed by atoms with Gasteiger partial charge in [0.15, 0.2) is 5.76 Å². The first-order chi connectivity index (χ1) is 6.90. The molecular formula is C10H18N2O3. The highest BCUT2D eigenvalue weighted by atomic mass is 16.3. The van der Waals surface area contributed by atoms with Crippen molar-refractivity contribution in [2.24, 2.45) is 0 Å². The second kappa shape index (κ2) is 6.08. The van der Waals surface area contributed by atoms with E-state index in [1.807, 2.05) is 0 Å². The molecule has 2 N–H and O–H groups in total. The molecule has 15 heavy (non-hydrogen) atoms. The standard InChI is InChI=1S/C10H18N2O3/c1-8(12(4)5-6-13)7-9(14)10(15)11(2)3/h7,13-14H,1,5-6H2,2-4H3/b9-7-. The molecule has 0 aliphatic rings. The van der Waals surface area contributed by atoms with E-state index in [-0.39, 0.29) is 12.4 Å². The number of carbonyl (C=O) groups excluding carboxylic acids is 1. The third-order valence-corrected chi connectivity index (χ3v) is 1.85. The Kier molecular flexibility index (Phi) is 5.48. The highest BCUT2D eigenvalue weighted by Crippen LogP contribution is 2.04. The molecule has 0 aromatic rings. The number of nitrogens with zero attached hydrogens (tertiary/aromatic N) is 2. The average molecular weight is 214 g/mol. The van der Waals surface area contributed by atoms with E-state index in [0.29, 0.717) is 12.2 Å². The number of aliphatic hydroxyl groups is 2. The summed E-state index contributed by atoms with van der Waals surface area (Å²) in [4.78, 5) is 14.2. The van der Waals surface area contributed by atoms with Crippen LogP contribution in [0.15, 0.2) is 24.1 Å². The van der Waals surface area contributed by atoms with Crippen molar-refractivity contribution in [2.45, 2.75) is 0 Å². The lowest BCUT2D eigenvalue weighted by atomic mass is 10.3. The van der Waals surface area contributed by atoms with Crippen LogP contribution in [0, 0.1) is 0 Å². The Morgan fingerprint density at radius 1 is 1.40 bits per heavy atom. The molecule has 0 unspecified atom stereocenters. The summed E-state index contributed by atoms with van der Waals surface area (Å²) >= 11 is 0. The van der Waals surface area contributed by atoms with Crippen LogP contribution in [0.4, 0.5) is 0 Å². The van der Waals surface area contributed by atoms with E-state index in [9.17, 15) is 9.90 Å². The van der Waals surface area contributed by atoms with E-state index < -0.39 is 5.91 Å². The van der Waals surface area contributed by atoms with Gasteiger partial charge in [0, 0.05) is 39.5 Å². The molecule has 0 heterocycles. The third kappa shape index (κ3) is 4.51. The largest absolute Gasteiger partial charge is 0.503 e. The van der Waals surface area contributed by atoms with Crippen LogP contribution < -0.4 is 0 Å². The van der Waals surface area contributed by atoms with E-state index in [1.165, 1.54) is 11.0 Å². The van der Waals surface area contributed by atoms with E-state index in [2.05, 4.69) is 6.58 Å². The fourth-order valence-corrected chi connectivity index (χ4v) is 0.852. The Morgan fingerprint density at radius 2 is 1.93 bits per heavy atom. The first kappa shape index (κ1) is 13.5. The maximum atomic E-state index is 11.3. The summed E-state index contributed by atoms with van der Waals surface area (Å²) in [6.45, 7) is 4.06. The van der Waals surface area contributed by atoms with Gasteiger partial charge in [0.2, 0.25) is 0 Å². The lowest BCUT2D eigenvalue weighted by molar-refractivity contribution is -0.127. The van der Waals surface area contributed by atoms with Gasteiger partial charge in [0.05, 0.1) is 6.61 Å². The molecule has 5 nitrogen and oxygen atoms in total. The Labute approximate surface area is 89.9 Å². The molecule has 0 radical (unpaired) electrons. The van der Waals surface area contributed by atoms with Crippen LogP contribution in [0.5, 0.6) is 0 Å². The van der Waals surface area contributed by atoms with Crippen LogP contribution in [0.2, 0.25) is 0 Å². The summed E-state index contributed by atoms with van der Waals surface area (Å²) in [6.07, 6.45) is 1.28. The number of rotatable bonds is 5. The predicted octanol–water partition coefficient (Wildman–Crippen LogP) is -0.0457. The van der Waals surface area contributed by atoms with Crippen molar-refractivity contribution in [1.29, 1.82) is 0 Å². The van der Waals surface area contributed by atoms with Crippen molar-refractivity contribution in [2.75, 3.05) is 34.3 Å². The Morgan fingerprint density at radius 3 is 2.33 bits per heavy atom. The van der Waals surface area contributed by atoms with Crippen LogP contribution in [-0.2, 0) is 4.79 Å². The average Bonchev–Trinajstić information content (AvgIpc) is 2.16. The molecule has 0 rings (SSSR count). The highest BCUT2D eigenvalue weighted by molar-refractivity contribution is 5.91. The molecular weight excluding hydrogens is 196 g/mol. The van der Waals surface area contributed by atoms with Gasteiger partial charge in [-0.3, -0.25) is 4.79 Å². The van der Waals surface area contributed by atoms with Crippen molar-refractivity contribution in [3.63, 3.8) is 0 Å². The van der Waals surface area contributed by atoms with Crippen LogP contribution >= 0.6 is 0 Å². The lowest BCUT2D eigenvalue weighted by Crippen LogP contribution is -2.25. The molecule has 1 amide bonds. The van der Waals surface area contributed by atoms with Crippen molar-refractivity contribution < 1.29 is 15.0 Å². The molecule has 0 aliphatic carbocycles. The number of aliphatic hydroxyl groups excluding tert-OH is 2. The minimum absolute atomic E-state index is 0.00819. The van der Waals surface area contributed by atoms with Crippen LogP contribution in [0.25, 0.3) is 0 Å². The molecule has 86 valence electrons. The minimum atomic E-state index is -0.478. The van der Waals surface area contributed by atoms with Gasteiger partial charge in [0.25, 0.3) is 5.91 Å². The first-order valence-corrected chi connectivity index (χ1v) is 4.53. The first-order valence-electron chi connectivity index (χ1n) is 4.53. The summed E-state index contributed by atoms with van der Waals surface area (Å²) in [6, 6.07) is 0. The summed E-state index contributed by atoms with van der Waals surface area (Å²) in [5.74, 6) is -0.844. The Balaban J connectivity index is 4.48. The molecule has 0 bridgehead atoms. The quantitative estimate of drug-likeness (QED) is 0.383. The number of allylic oxidation sites excluding steroid dienone is 1. The molecule has 0 fully saturated rings. The van der Waals surface area contributed by atoms with Gasteiger partial charge in [-0.2, -0.15) is 0 Å². The summed E-state index contributed by atoms with van der Waals surface area (Å²) in [7, 11) is 4.81. The predicted molar refractivity (Wildman–Crippen MR) is 58.3 cm³/mol. The van der Waals surface area contributed by atoms with E-state index in [1.54, 1.807) is 26.0 Å². The van der Waals surface area contributed by atoms with E-state index in [0.717, 1.165) is 0 Å². The number of likely N-dealkylation sites (N-methyl/N-ethyl adjacent to an activating group) is 2. The van der Waals surface area contributed by atoms with Gasteiger partial charge in [0.1, 0.15) is 0 Å². The van der Waals surface area contributed by atoms with Crippen molar-refractivity contribution in [3.05, 3.63) is 24.1 Å². The van der Waals surface area contributed by atoms with Crippen molar-refractivity contribution in [3.8, 4) is 0 Å². The van der Waals surface area contributed by atoms with Gasteiger partial charge in [-0.25, -0.2) is 0 Å². The fourth-order valence-electron chi connectivity index (χ4n) is 0.852.